The molecule has 2 atom stereocenters. The van der Waals surface area contributed by atoms with Gasteiger partial charge in [-0.15, -0.1) is 24.0 Å². The molecule has 9 heteroatoms. The summed E-state index contributed by atoms with van der Waals surface area (Å²) in [5.41, 5.74) is -0.160. The smallest absolute Gasteiger partial charge is 0.223 e. The molecule has 1 fully saturated rings. The standard InChI is InChI=1S/C19H38N4O3S.HI/c1-14(2)22-17(24)15-8-7-9-16(12-15)23-18(20-5)21-13-19(3,4)10-11-27(6,25)26;/h14-16H,7-13H2,1-6H3,(H,22,24)(H2,20,21,23);1H. The van der Waals surface area contributed by atoms with Gasteiger partial charge in [-0.1, -0.05) is 20.3 Å². The van der Waals surface area contributed by atoms with Crippen LogP contribution in [0.4, 0.5) is 0 Å². The molecule has 1 aliphatic rings. The first kappa shape index (κ1) is 27.4. The van der Waals surface area contributed by atoms with Gasteiger partial charge in [0.05, 0.1) is 5.75 Å². The number of nitrogens with one attached hydrogen (secondary N) is 3. The molecule has 7 nitrogen and oxygen atoms in total. The lowest BCUT2D eigenvalue weighted by Gasteiger charge is -2.32. The first-order chi connectivity index (χ1) is 12.4. The van der Waals surface area contributed by atoms with E-state index in [1.54, 1.807) is 7.05 Å². The van der Waals surface area contributed by atoms with E-state index in [9.17, 15) is 13.2 Å². The molecular formula is C19H39IN4O3S. The van der Waals surface area contributed by atoms with E-state index in [1.165, 1.54) is 6.26 Å². The summed E-state index contributed by atoms with van der Waals surface area (Å²) in [6.07, 6.45) is 5.63. The Bertz CT molecular complexity index is 621. The highest BCUT2D eigenvalue weighted by molar-refractivity contribution is 14.0. The topological polar surface area (TPSA) is 99.7 Å². The third-order valence-corrected chi connectivity index (χ3v) is 5.87. The van der Waals surface area contributed by atoms with Gasteiger partial charge in [0.15, 0.2) is 5.96 Å². The van der Waals surface area contributed by atoms with Gasteiger partial charge in [0.1, 0.15) is 9.84 Å². The molecule has 166 valence electrons. The predicted molar refractivity (Wildman–Crippen MR) is 127 cm³/mol. The number of guanidine groups is 1. The monoisotopic (exact) mass is 530 g/mol. The first-order valence-electron chi connectivity index (χ1n) is 9.87. The largest absolute Gasteiger partial charge is 0.356 e. The molecule has 1 rings (SSSR count). The number of rotatable bonds is 8. The molecule has 0 bridgehead atoms. The van der Waals surface area contributed by atoms with E-state index >= 15 is 0 Å². The Morgan fingerprint density at radius 3 is 2.43 bits per heavy atom. The summed E-state index contributed by atoms with van der Waals surface area (Å²) in [7, 11) is -1.23. The van der Waals surface area contributed by atoms with Crippen molar-refractivity contribution in [1.29, 1.82) is 0 Å². The maximum atomic E-state index is 12.3. The Balaban J connectivity index is 0.00000729. The fraction of sp³-hybridized carbons (Fsp3) is 0.895. The Labute approximate surface area is 188 Å². The van der Waals surface area contributed by atoms with Crippen LogP contribution in [-0.4, -0.2) is 58.0 Å². The zero-order valence-corrected chi connectivity index (χ0v) is 21.3. The number of aliphatic imine (C=N–C) groups is 1. The Morgan fingerprint density at radius 2 is 1.89 bits per heavy atom. The number of nitrogens with zero attached hydrogens (tertiary/aromatic N) is 1. The van der Waals surface area contributed by atoms with Crippen LogP contribution in [0.15, 0.2) is 4.99 Å². The number of sulfone groups is 1. The summed E-state index contributed by atoms with van der Waals surface area (Å²) in [6, 6.07) is 0.376. The minimum absolute atomic E-state index is 0. The fourth-order valence-corrected chi connectivity index (χ4v) is 4.15. The molecule has 0 heterocycles. The van der Waals surface area contributed by atoms with E-state index in [-0.39, 0.29) is 59.1 Å². The van der Waals surface area contributed by atoms with E-state index in [1.807, 2.05) is 27.7 Å². The highest BCUT2D eigenvalue weighted by Crippen LogP contribution is 2.25. The van der Waals surface area contributed by atoms with Gasteiger partial charge in [0, 0.05) is 37.8 Å². The zero-order chi connectivity index (χ0) is 20.7. The maximum Gasteiger partial charge on any atom is 0.223 e. The van der Waals surface area contributed by atoms with Crippen molar-refractivity contribution in [2.45, 2.75) is 71.9 Å². The van der Waals surface area contributed by atoms with E-state index in [2.05, 4.69) is 20.9 Å². The highest BCUT2D eigenvalue weighted by Gasteiger charge is 2.28. The maximum absolute atomic E-state index is 12.3. The lowest BCUT2D eigenvalue weighted by atomic mass is 9.85. The number of hydrogen-bond acceptors (Lipinski definition) is 4. The van der Waals surface area contributed by atoms with Crippen LogP contribution >= 0.6 is 24.0 Å². The van der Waals surface area contributed by atoms with Gasteiger partial charge in [0.25, 0.3) is 0 Å². The lowest BCUT2D eigenvalue weighted by molar-refractivity contribution is -0.126. The number of carbonyl (C=O) groups excluding carboxylic acids is 1. The first-order valence-corrected chi connectivity index (χ1v) is 11.9. The Hall–Kier alpha value is -0.580. The molecule has 0 spiro atoms. The van der Waals surface area contributed by atoms with Crippen molar-refractivity contribution in [3.8, 4) is 0 Å². The highest BCUT2D eigenvalue weighted by atomic mass is 127. The molecule has 1 saturated carbocycles. The Morgan fingerprint density at radius 1 is 1.25 bits per heavy atom. The number of carbonyl (C=O) groups is 1. The molecule has 0 aromatic carbocycles. The van der Waals surface area contributed by atoms with Crippen molar-refractivity contribution in [3.63, 3.8) is 0 Å². The fourth-order valence-electron chi connectivity index (χ4n) is 3.22. The number of amides is 1. The molecule has 1 aliphatic carbocycles. The van der Waals surface area contributed by atoms with Crippen molar-refractivity contribution >= 4 is 45.7 Å². The van der Waals surface area contributed by atoms with Crippen LogP contribution in [0.3, 0.4) is 0 Å². The van der Waals surface area contributed by atoms with Crippen LogP contribution in [0.2, 0.25) is 0 Å². The minimum Gasteiger partial charge on any atom is -0.356 e. The third-order valence-electron chi connectivity index (χ3n) is 4.92. The second kappa shape index (κ2) is 12.2. The Kier molecular flexibility index (Phi) is 11.9. The summed E-state index contributed by atoms with van der Waals surface area (Å²) in [5, 5.41) is 9.75. The van der Waals surface area contributed by atoms with Gasteiger partial charge in [-0.2, -0.15) is 0 Å². The molecule has 2 unspecified atom stereocenters. The van der Waals surface area contributed by atoms with E-state index in [0.717, 1.165) is 25.7 Å². The summed E-state index contributed by atoms with van der Waals surface area (Å²) in [6.45, 7) is 8.68. The van der Waals surface area contributed by atoms with E-state index in [4.69, 9.17) is 0 Å². The quantitative estimate of drug-likeness (QED) is 0.254. The van der Waals surface area contributed by atoms with Crippen LogP contribution in [0, 0.1) is 11.3 Å². The molecule has 0 aliphatic heterocycles. The van der Waals surface area contributed by atoms with Crippen molar-refractivity contribution in [2.75, 3.05) is 25.6 Å². The summed E-state index contributed by atoms with van der Waals surface area (Å²) < 4.78 is 22.8. The van der Waals surface area contributed by atoms with Gasteiger partial charge in [-0.3, -0.25) is 9.79 Å². The average molecular weight is 531 g/mol. The summed E-state index contributed by atoms with van der Waals surface area (Å²) >= 11 is 0. The molecule has 0 aromatic heterocycles. The van der Waals surface area contributed by atoms with Crippen LogP contribution < -0.4 is 16.0 Å². The van der Waals surface area contributed by atoms with Gasteiger partial charge < -0.3 is 16.0 Å². The normalized spacial score (nSPS) is 21.0. The van der Waals surface area contributed by atoms with E-state index in [0.29, 0.717) is 18.9 Å². The molecular weight excluding hydrogens is 491 g/mol. The van der Waals surface area contributed by atoms with Crippen LogP contribution in [0.25, 0.3) is 0 Å². The minimum atomic E-state index is -2.96. The van der Waals surface area contributed by atoms with Crippen molar-refractivity contribution in [2.24, 2.45) is 16.3 Å². The zero-order valence-electron chi connectivity index (χ0n) is 18.2. The van der Waals surface area contributed by atoms with Gasteiger partial charge >= 0.3 is 0 Å². The molecule has 3 N–H and O–H groups in total. The lowest BCUT2D eigenvalue weighted by Crippen LogP contribution is -2.49. The molecule has 28 heavy (non-hydrogen) atoms. The van der Waals surface area contributed by atoms with Gasteiger partial charge in [0.2, 0.25) is 5.91 Å². The van der Waals surface area contributed by atoms with Crippen LogP contribution in [0.1, 0.15) is 59.8 Å². The number of halogens is 1. The van der Waals surface area contributed by atoms with Crippen LogP contribution in [0.5, 0.6) is 0 Å². The average Bonchev–Trinajstić information content (AvgIpc) is 2.56. The van der Waals surface area contributed by atoms with Crippen molar-refractivity contribution in [3.05, 3.63) is 0 Å². The molecule has 0 aromatic rings. The molecule has 0 radical (unpaired) electrons. The van der Waals surface area contributed by atoms with E-state index < -0.39 is 9.84 Å². The number of hydrogen-bond donors (Lipinski definition) is 3. The summed E-state index contributed by atoms with van der Waals surface area (Å²) in [5.74, 6) is 1.07. The molecule has 1 amide bonds. The van der Waals surface area contributed by atoms with Gasteiger partial charge in [-0.05, 0) is 44.9 Å². The summed E-state index contributed by atoms with van der Waals surface area (Å²) in [4.78, 5) is 16.6. The van der Waals surface area contributed by atoms with Crippen molar-refractivity contribution < 1.29 is 13.2 Å². The van der Waals surface area contributed by atoms with Gasteiger partial charge in [-0.25, -0.2) is 8.42 Å². The SMILES string of the molecule is CN=C(NCC(C)(C)CCS(C)(=O)=O)NC1CCCC(C(=O)NC(C)C)C1.I. The third kappa shape index (κ3) is 11.4. The van der Waals surface area contributed by atoms with Crippen LogP contribution in [-0.2, 0) is 14.6 Å². The molecule has 0 saturated heterocycles. The van der Waals surface area contributed by atoms with Crippen molar-refractivity contribution in [1.82, 2.24) is 16.0 Å². The second-order valence-electron chi connectivity index (χ2n) is 8.84. The second-order valence-corrected chi connectivity index (χ2v) is 11.1. The predicted octanol–water partition coefficient (Wildman–Crippen LogP) is 2.31.